The molecule has 0 radical (unpaired) electrons. The summed E-state index contributed by atoms with van der Waals surface area (Å²) in [5.74, 6) is 0.476. The molecule has 2 rings (SSSR count). The van der Waals surface area contributed by atoms with Crippen molar-refractivity contribution in [2.45, 2.75) is 45.6 Å². The molecule has 0 unspecified atom stereocenters. The van der Waals surface area contributed by atoms with E-state index in [-0.39, 0.29) is 16.4 Å². The first-order valence-corrected chi connectivity index (χ1v) is 6.52. The fraction of sp³-hybridized carbons (Fsp3) is 0.667. The van der Waals surface area contributed by atoms with Crippen LogP contribution in [0.5, 0.6) is 0 Å². The number of hydrogen-bond acceptors (Lipinski definition) is 2. The molecule has 1 N–H and O–H groups in total. The fourth-order valence-electron chi connectivity index (χ4n) is 2.15. The highest BCUT2D eigenvalue weighted by atomic mass is 35.5. The lowest BCUT2D eigenvalue weighted by Crippen LogP contribution is -2.40. The summed E-state index contributed by atoms with van der Waals surface area (Å²) in [6, 6.07) is 0. The molecular formula is C12H17ClN2O2. The summed E-state index contributed by atoms with van der Waals surface area (Å²) < 4.78 is 1.31. The maximum Gasteiger partial charge on any atom is 0.329 e. The van der Waals surface area contributed by atoms with Crippen LogP contribution in [-0.4, -0.2) is 9.55 Å². The second kappa shape index (κ2) is 5.08. The van der Waals surface area contributed by atoms with Crippen molar-refractivity contribution in [1.82, 2.24) is 9.55 Å². The van der Waals surface area contributed by atoms with Gasteiger partial charge in [0.15, 0.2) is 0 Å². The van der Waals surface area contributed by atoms with Crippen LogP contribution in [0.1, 0.15) is 38.2 Å². The predicted molar refractivity (Wildman–Crippen MR) is 67.7 cm³/mol. The number of H-pyrrole nitrogens is 1. The monoisotopic (exact) mass is 256 g/mol. The molecule has 5 heteroatoms. The summed E-state index contributed by atoms with van der Waals surface area (Å²) in [5.41, 5.74) is -0.0626. The Labute approximate surface area is 105 Å². The van der Waals surface area contributed by atoms with Crippen molar-refractivity contribution in [3.8, 4) is 0 Å². The number of aromatic nitrogens is 2. The van der Waals surface area contributed by atoms with E-state index in [2.05, 4.69) is 4.98 Å². The van der Waals surface area contributed by atoms with Crippen LogP contribution in [0.3, 0.4) is 0 Å². The molecule has 1 saturated carbocycles. The molecular weight excluding hydrogens is 240 g/mol. The number of aromatic amines is 1. The summed E-state index contributed by atoms with van der Waals surface area (Å²) in [6.07, 6.45) is 4.87. The van der Waals surface area contributed by atoms with E-state index < -0.39 is 0 Å². The molecule has 1 aliphatic rings. The lowest BCUT2D eigenvalue weighted by molar-refractivity contribution is 0.269. The van der Waals surface area contributed by atoms with Crippen LogP contribution in [0.25, 0.3) is 0 Å². The maximum atomic E-state index is 12.1. The third-order valence-electron chi connectivity index (χ3n) is 3.40. The van der Waals surface area contributed by atoms with Crippen molar-refractivity contribution >= 4 is 11.6 Å². The van der Waals surface area contributed by atoms with E-state index in [0.29, 0.717) is 24.4 Å². The predicted octanol–water partition coefficient (Wildman–Crippen LogP) is 1.94. The molecule has 0 aliphatic heterocycles. The molecule has 17 heavy (non-hydrogen) atoms. The number of nitrogens with zero attached hydrogens (tertiary/aromatic N) is 1. The second-order valence-corrected chi connectivity index (χ2v) is 5.06. The molecule has 4 nitrogen and oxygen atoms in total. The highest BCUT2D eigenvalue weighted by molar-refractivity contribution is 6.30. The Morgan fingerprint density at radius 2 is 2.12 bits per heavy atom. The van der Waals surface area contributed by atoms with Gasteiger partial charge in [0.1, 0.15) is 5.15 Å². The zero-order valence-corrected chi connectivity index (χ0v) is 10.7. The number of nitrogens with one attached hydrogen (secondary N) is 1. The van der Waals surface area contributed by atoms with Crippen LogP contribution in [0, 0.1) is 5.92 Å². The SMILES string of the molecule is CCCc1c(Cl)[nH]c(=O)n(CC2CCC2)c1=O. The first-order chi connectivity index (χ1) is 8.13. The van der Waals surface area contributed by atoms with Gasteiger partial charge in [0.25, 0.3) is 5.56 Å². The Kier molecular flexibility index (Phi) is 3.72. The van der Waals surface area contributed by atoms with Gasteiger partial charge in [-0.2, -0.15) is 0 Å². The number of rotatable bonds is 4. The summed E-state index contributed by atoms with van der Waals surface area (Å²) in [6.45, 7) is 2.51. The molecule has 1 aromatic rings. The van der Waals surface area contributed by atoms with Crippen LogP contribution in [0.4, 0.5) is 0 Å². The molecule has 0 aromatic carbocycles. The molecule has 0 amide bonds. The second-order valence-electron chi connectivity index (χ2n) is 4.69. The molecule has 1 heterocycles. The topological polar surface area (TPSA) is 54.9 Å². The highest BCUT2D eigenvalue weighted by Gasteiger charge is 2.21. The van der Waals surface area contributed by atoms with Crippen LogP contribution < -0.4 is 11.2 Å². The summed E-state index contributed by atoms with van der Waals surface area (Å²) >= 11 is 5.90. The molecule has 1 aromatic heterocycles. The van der Waals surface area contributed by atoms with Gasteiger partial charge in [0.05, 0.1) is 5.56 Å². The van der Waals surface area contributed by atoms with E-state index in [1.54, 1.807) is 0 Å². The first-order valence-electron chi connectivity index (χ1n) is 6.15. The molecule has 0 saturated heterocycles. The molecule has 1 aliphatic carbocycles. The van der Waals surface area contributed by atoms with Gasteiger partial charge in [-0.1, -0.05) is 31.4 Å². The van der Waals surface area contributed by atoms with Crippen molar-refractivity contribution in [3.05, 3.63) is 31.6 Å². The van der Waals surface area contributed by atoms with Gasteiger partial charge in [-0.3, -0.25) is 14.3 Å². The molecule has 1 fully saturated rings. The third-order valence-corrected chi connectivity index (χ3v) is 3.72. The summed E-state index contributed by atoms with van der Waals surface area (Å²) in [5, 5.41) is 0.201. The van der Waals surface area contributed by atoms with Crippen molar-refractivity contribution in [3.63, 3.8) is 0 Å². The van der Waals surface area contributed by atoms with E-state index in [0.717, 1.165) is 19.3 Å². The Hall–Kier alpha value is -1.03. The lowest BCUT2D eigenvalue weighted by atomic mass is 9.85. The Balaban J connectivity index is 2.39. The van der Waals surface area contributed by atoms with Crippen molar-refractivity contribution < 1.29 is 0 Å². The largest absolute Gasteiger partial charge is 0.329 e. The molecule has 0 spiro atoms. The van der Waals surface area contributed by atoms with Gasteiger partial charge < -0.3 is 0 Å². The van der Waals surface area contributed by atoms with E-state index in [4.69, 9.17) is 11.6 Å². The van der Waals surface area contributed by atoms with E-state index in [1.165, 1.54) is 11.0 Å². The Morgan fingerprint density at radius 1 is 1.41 bits per heavy atom. The van der Waals surface area contributed by atoms with Crippen molar-refractivity contribution in [2.24, 2.45) is 5.92 Å². The smallest absolute Gasteiger partial charge is 0.297 e. The van der Waals surface area contributed by atoms with Crippen LogP contribution in [-0.2, 0) is 13.0 Å². The average molecular weight is 257 g/mol. The van der Waals surface area contributed by atoms with Gasteiger partial charge >= 0.3 is 5.69 Å². The summed E-state index contributed by atoms with van der Waals surface area (Å²) in [7, 11) is 0. The molecule has 0 atom stereocenters. The number of halogens is 1. The van der Waals surface area contributed by atoms with E-state index in [1.807, 2.05) is 6.92 Å². The minimum atomic E-state index is -0.383. The first kappa shape index (κ1) is 12.4. The normalized spacial score (nSPS) is 15.9. The maximum absolute atomic E-state index is 12.1. The lowest BCUT2D eigenvalue weighted by Gasteiger charge is -2.25. The highest BCUT2D eigenvalue weighted by Crippen LogP contribution is 2.27. The standard InChI is InChI=1S/C12H17ClN2O2/c1-2-4-9-10(13)14-12(17)15(11(9)16)7-8-5-3-6-8/h8H,2-7H2,1H3,(H,14,17). The summed E-state index contributed by atoms with van der Waals surface area (Å²) in [4.78, 5) is 26.4. The van der Waals surface area contributed by atoms with Gasteiger partial charge in [-0.15, -0.1) is 0 Å². The van der Waals surface area contributed by atoms with Gasteiger partial charge in [-0.05, 0) is 25.2 Å². The van der Waals surface area contributed by atoms with Crippen LogP contribution in [0.2, 0.25) is 5.15 Å². The van der Waals surface area contributed by atoms with E-state index >= 15 is 0 Å². The molecule has 94 valence electrons. The zero-order chi connectivity index (χ0) is 12.4. The Morgan fingerprint density at radius 3 is 2.65 bits per heavy atom. The zero-order valence-electron chi connectivity index (χ0n) is 9.96. The van der Waals surface area contributed by atoms with Crippen molar-refractivity contribution in [2.75, 3.05) is 0 Å². The van der Waals surface area contributed by atoms with Crippen LogP contribution in [0.15, 0.2) is 9.59 Å². The Bertz CT molecular complexity index is 514. The minimum Gasteiger partial charge on any atom is -0.297 e. The molecule has 0 bridgehead atoms. The van der Waals surface area contributed by atoms with Gasteiger partial charge in [0.2, 0.25) is 0 Å². The van der Waals surface area contributed by atoms with Gasteiger partial charge in [0, 0.05) is 6.54 Å². The van der Waals surface area contributed by atoms with Crippen LogP contribution >= 0.6 is 11.6 Å². The minimum absolute atomic E-state index is 0.201. The van der Waals surface area contributed by atoms with Gasteiger partial charge in [-0.25, -0.2) is 4.79 Å². The third kappa shape index (κ3) is 2.46. The average Bonchev–Trinajstić information content (AvgIpc) is 2.21. The van der Waals surface area contributed by atoms with Crippen molar-refractivity contribution in [1.29, 1.82) is 0 Å². The fourth-order valence-corrected chi connectivity index (χ4v) is 2.41. The van der Waals surface area contributed by atoms with E-state index in [9.17, 15) is 9.59 Å². The number of hydrogen-bond donors (Lipinski definition) is 1. The quantitative estimate of drug-likeness (QED) is 0.837.